The summed E-state index contributed by atoms with van der Waals surface area (Å²) >= 11 is 0. The van der Waals surface area contributed by atoms with E-state index in [1.165, 1.54) is 0 Å². The van der Waals surface area contributed by atoms with Crippen molar-refractivity contribution in [3.63, 3.8) is 0 Å². The number of aromatic hydroxyl groups is 1. The minimum atomic E-state index is -0.601. The van der Waals surface area contributed by atoms with E-state index in [1.54, 1.807) is 60.7 Å². The number of Topliss-reactive ketones (excluding diaryl/α,β-unsaturated/α-hetero) is 1. The SMILES string of the molecule is Cc1[c-]cc(-c2[nH]c3ccccc3c(=O)c2O)cc1.Cc1[c-]ccc(C(=O)COC(=O)c2ccccc2N)c1.[Y].[Y]. The molecule has 4 aromatic carbocycles. The van der Waals surface area contributed by atoms with Gasteiger partial charge in [0.1, 0.15) is 0 Å². The molecule has 1 heterocycles. The van der Waals surface area contributed by atoms with E-state index in [2.05, 4.69) is 17.1 Å². The average molecular weight is 696 g/mol. The number of para-hydroxylation sites is 2. The van der Waals surface area contributed by atoms with Crippen LogP contribution in [0.2, 0.25) is 0 Å². The monoisotopic (exact) mass is 696 g/mol. The Morgan fingerprint density at radius 2 is 1.63 bits per heavy atom. The molecule has 4 N–H and O–H groups in total. The molecular weight excluding hydrogens is 670 g/mol. The normalized spacial score (nSPS) is 9.90. The van der Waals surface area contributed by atoms with Crippen LogP contribution in [0.25, 0.3) is 22.2 Å². The molecule has 0 unspecified atom stereocenters. The van der Waals surface area contributed by atoms with E-state index < -0.39 is 5.97 Å². The average Bonchev–Trinajstić information content (AvgIpc) is 2.94. The Hall–Kier alpha value is -2.96. The van der Waals surface area contributed by atoms with Crippen LogP contribution < -0.4 is 11.2 Å². The van der Waals surface area contributed by atoms with Crippen LogP contribution in [0.15, 0.2) is 89.7 Å². The zero-order valence-electron chi connectivity index (χ0n) is 22.6. The van der Waals surface area contributed by atoms with Crippen molar-refractivity contribution in [1.29, 1.82) is 0 Å². The maximum Gasteiger partial charge on any atom is 0.340 e. The number of benzene rings is 4. The van der Waals surface area contributed by atoms with Crippen molar-refractivity contribution < 1.29 is 84.9 Å². The number of aryl methyl sites for hydroxylation is 2. The first kappa shape index (κ1) is 34.2. The molecule has 1 aromatic heterocycles. The molecule has 0 fully saturated rings. The van der Waals surface area contributed by atoms with Gasteiger partial charge < -0.3 is 20.6 Å². The number of nitrogen functional groups attached to an aromatic ring is 1. The largest absolute Gasteiger partial charge is 0.503 e. The minimum Gasteiger partial charge on any atom is -0.503 e. The van der Waals surface area contributed by atoms with Gasteiger partial charge in [-0.1, -0.05) is 43.7 Å². The van der Waals surface area contributed by atoms with Crippen molar-refractivity contribution in [1.82, 2.24) is 4.98 Å². The number of hydrogen-bond donors (Lipinski definition) is 3. The summed E-state index contributed by atoms with van der Waals surface area (Å²) < 4.78 is 4.99. The summed E-state index contributed by atoms with van der Waals surface area (Å²) in [6.07, 6.45) is 0. The van der Waals surface area contributed by atoms with E-state index >= 15 is 0 Å². The number of rotatable bonds is 5. The van der Waals surface area contributed by atoms with Crippen LogP contribution in [0.5, 0.6) is 5.75 Å². The first-order valence-corrected chi connectivity index (χ1v) is 12.1. The standard InChI is InChI=1S/C16H14NO3.C16H12NO2.2Y/c1-11-5-4-6-12(9-11)15(18)10-20-16(19)13-7-2-3-8-14(13)17;1-10-6-8-11(9-7-10)14-16(19)15(18)12-4-2-3-5-13(12)17-14;;/h2-4,6-9H,10,17H2,1H3;2-6,8-9,19H,1H3,(H,17,18);;/q2*-1;;. The second kappa shape index (κ2) is 15.9. The maximum absolute atomic E-state index is 12.1. The van der Waals surface area contributed by atoms with Gasteiger partial charge in [0.2, 0.25) is 5.43 Å². The molecule has 9 heteroatoms. The molecular formula is C32H26N2O5Y2-2. The zero-order valence-corrected chi connectivity index (χ0v) is 28.3. The second-order valence-electron chi connectivity index (χ2n) is 8.83. The van der Waals surface area contributed by atoms with Gasteiger partial charge >= 0.3 is 5.97 Å². The van der Waals surface area contributed by atoms with Gasteiger partial charge in [-0.3, -0.25) is 9.59 Å². The van der Waals surface area contributed by atoms with Crippen LogP contribution in [0, 0.1) is 26.0 Å². The number of carbonyl (C=O) groups is 2. The fourth-order valence-corrected chi connectivity index (χ4v) is 3.83. The number of H-pyrrole nitrogens is 1. The molecule has 0 atom stereocenters. The summed E-state index contributed by atoms with van der Waals surface area (Å²) in [7, 11) is 0. The number of fused-ring (bicyclic) bond motifs is 1. The van der Waals surface area contributed by atoms with Crippen LogP contribution in [-0.2, 0) is 70.2 Å². The summed E-state index contributed by atoms with van der Waals surface area (Å²) in [4.78, 5) is 38.9. The number of ketones is 1. The third-order valence-corrected chi connectivity index (χ3v) is 5.92. The second-order valence-corrected chi connectivity index (χ2v) is 8.83. The number of aromatic amines is 1. The molecule has 0 saturated heterocycles. The molecule has 2 radical (unpaired) electrons. The van der Waals surface area contributed by atoms with Crippen molar-refractivity contribution in [2.45, 2.75) is 13.8 Å². The number of nitrogens with two attached hydrogens (primary N) is 1. The number of pyridine rings is 1. The summed E-state index contributed by atoms with van der Waals surface area (Å²) in [5.74, 6) is -1.11. The Kier molecular flexibility index (Phi) is 13.3. The predicted octanol–water partition coefficient (Wildman–Crippen LogP) is 5.42. The van der Waals surface area contributed by atoms with E-state index in [1.807, 2.05) is 38.1 Å². The fourth-order valence-electron chi connectivity index (χ4n) is 3.83. The van der Waals surface area contributed by atoms with E-state index in [0.717, 1.165) is 16.7 Å². The van der Waals surface area contributed by atoms with Crippen LogP contribution in [-0.4, -0.2) is 28.4 Å². The van der Waals surface area contributed by atoms with Crippen LogP contribution >= 0.6 is 0 Å². The molecule has 0 bridgehead atoms. The molecule has 7 nitrogen and oxygen atoms in total. The Morgan fingerprint density at radius 3 is 2.32 bits per heavy atom. The quantitative estimate of drug-likeness (QED) is 0.0977. The molecule has 202 valence electrons. The Balaban J connectivity index is 0.000000274. The number of ether oxygens (including phenoxy) is 1. The molecule has 0 aliphatic carbocycles. The minimum absolute atomic E-state index is 0. The van der Waals surface area contributed by atoms with Crippen molar-refractivity contribution in [2.24, 2.45) is 0 Å². The molecule has 41 heavy (non-hydrogen) atoms. The van der Waals surface area contributed by atoms with Crippen LogP contribution in [0.4, 0.5) is 5.69 Å². The molecule has 5 rings (SSSR count). The van der Waals surface area contributed by atoms with Gasteiger partial charge in [0.15, 0.2) is 18.1 Å². The molecule has 5 aromatic rings. The third kappa shape index (κ3) is 8.76. The number of esters is 1. The summed E-state index contributed by atoms with van der Waals surface area (Å²) in [6, 6.07) is 30.2. The predicted molar refractivity (Wildman–Crippen MR) is 151 cm³/mol. The van der Waals surface area contributed by atoms with Crippen molar-refractivity contribution in [3.8, 4) is 17.0 Å². The number of nitrogens with one attached hydrogen (secondary N) is 1. The molecule has 0 spiro atoms. The van der Waals surface area contributed by atoms with Crippen molar-refractivity contribution in [3.05, 3.63) is 130 Å². The van der Waals surface area contributed by atoms with E-state index in [9.17, 15) is 19.5 Å². The fraction of sp³-hybridized carbons (Fsp3) is 0.0938. The Labute approximate surface area is 288 Å². The van der Waals surface area contributed by atoms with Gasteiger partial charge in [0, 0.05) is 87.7 Å². The molecule has 0 aliphatic heterocycles. The van der Waals surface area contributed by atoms with Crippen molar-refractivity contribution >= 4 is 28.3 Å². The van der Waals surface area contributed by atoms with Gasteiger partial charge in [-0.15, -0.1) is 5.56 Å². The smallest absolute Gasteiger partial charge is 0.340 e. The van der Waals surface area contributed by atoms with Gasteiger partial charge in [-0.25, -0.2) is 4.79 Å². The van der Waals surface area contributed by atoms with Gasteiger partial charge in [-0.05, 0) is 24.3 Å². The summed E-state index contributed by atoms with van der Waals surface area (Å²) in [6.45, 7) is 3.47. The number of aromatic nitrogens is 1. The number of carbonyl (C=O) groups excluding carboxylic acids is 2. The first-order valence-electron chi connectivity index (χ1n) is 12.1. The Bertz CT molecular complexity index is 1720. The molecule has 0 aliphatic rings. The summed E-state index contributed by atoms with van der Waals surface area (Å²) in [5.41, 5.74) is 10.1. The van der Waals surface area contributed by atoms with E-state index in [0.29, 0.717) is 27.8 Å². The van der Waals surface area contributed by atoms with Crippen LogP contribution in [0.1, 0.15) is 31.8 Å². The van der Waals surface area contributed by atoms with Gasteiger partial charge in [-0.2, -0.15) is 59.7 Å². The molecule has 0 amide bonds. The maximum atomic E-state index is 12.1. The van der Waals surface area contributed by atoms with Gasteiger partial charge in [0.05, 0.1) is 5.56 Å². The van der Waals surface area contributed by atoms with Crippen LogP contribution in [0.3, 0.4) is 0 Å². The van der Waals surface area contributed by atoms with Crippen molar-refractivity contribution in [2.75, 3.05) is 12.3 Å². The summed E-state index contributed by atoms with van der Waals surface area (Å²) in [5, 5.41) is 10.5. The number of hydrogen-bond acceptors (Lipinski definition) is 6. The van der Waals surface area contributed by atoms with E-state index in [-0.39, 0.29) is 94.6 Å². The first-order chi connectivity index (χ1) is 18.7. The third-order valence-electron chi connectivity index (χ3n) is 5.92. The van der Waals surface area contributed by atoms with E-state index in [4.69, 9.17) is 10.5 Å². The van der Waals surface area contributed by atoms with Gasteiger partial charge in [0.25, 0.3) is 0 Å². The topological polar surface area (TPSA) is 122 Å². The Morgan fingerprint density at radius 1 is 0.927 bits per heavy atom. The molecule has 0 saturated carbocycles. The number of anilines is 1. The zero-order chi connectivity index (χ0) is 27.9.